The molecule has 1 saturated heterocycles. The summed E-state index contributed by atoms with van der Waals surface area (Å²) in [6.07, 6.45) is 6.22. The highest BCUT2D eigenvalue weighted by Crippen LogP contribution is 2.43. The molecule has 0 saturated carbocycles. The van der Waals surface area contributed by atoms with Crippen LogP contribution < -0.4 is 15.4 Å². The monoisotopic (exact) mass is 549 g/mol. The van der Waals surface area contributed by atoms with E-state index in [1.54, 1.807) is 0 Å². The van der Waals surface area contributed by atoms with Crippen LogP contribution in [0.4, 0.5) is 5.95 Å². The Morgan fingerprint density at radius 1 is 0.923 bits per heavy atom. The van der Waals surface area contributed by atoms with Crippen LogP contribution in [-0.4, -0.2) is 42.6 Å². The van der Waals surface area contributed by atoms with E-state index in [2.05, 4.69) is 91.5 Å². The van der Waals surface area contributed by atoms with Crippen molar-refractivity contribution in [2.24, 2.45) is 11.7 Å². The third-order valence-electron chi connectivity index (χ3n) is 9.20. The summed E-state index contributed by atoms with van der Waals surface area (Å²) in [7, 11) is -1.88. The maximum atomic E-state index is 6.99. The average molecular weight is 550 g/mol. The molecule has 7 nitrogen and oxygen atoms in total. The van der Waals surface area contributed by atoms with E-state index in [1.807, 2.05) is 12.1 Å². The Morgan fingerprint density at radius 2 is 1.64 bits per heavy atom. The Bertz CT molecular complexity index is 1240. The number of rotatable bonds is 9. The molecule has 1 aromatic carbocycles. The molecule has 39 heavy (non-hydrogen) atoms. The average Bonchev–Trinajstić information content (AvgIpc) is 3.34. The van der Waals surface area contributed by atoms with E-state index in [4.69, 9.17) is 14.9 Å². The molecule has 1 fully saturated rings. The zero-order valence-corrected chi connectivity index (χ0v) is 25.6. The second kappa shape index (κ2) is 11.6. The van der Waals surface area contributed by atoms with E-state index in [0.29, 0.717) is 22.5 Å². The highest BCUT2D eigenvalue weighted by Gasteiger charge is 2.45. The van der Waals surface area contributed by atoms with Gasteiger partial charge < -0.3 is 19.8 Å². The topological polar surface area (TPSA) is 77.9 Å². The van der Waals surface area contributed by atoms with Crippen LogP contribution >= 0.6 is 0 Å². The number of anilines is 1. The molecule has 3 unspecified atom stereocenters. The Balaban J connectivity index is 1.32. The predicted molar refractivity (Wildman–Crippen MR) is 161 cm³/mol. The standard InChI is InChI=1S/C31H47N5O2Si/c1-21(2)39(22(3)4,23(5)6)37-20-24-10-9-17-35(18-24)31-34-33-30-16-13-25(19-36(30)31)38-29-15-14-28(32)26-11-7-8-12-27(26)29/h7-8,11-13,16,19,21-24,28-29H,9-10,14-15,17-18,20,32H2,1-6H3. The number of hydrogen-bond acceptors (Lipinski definition) is 6. The molecule has 0 bridgehead atoms. The number of ether oxygens (including phenoxy) is 1. The summed E-state index contributed by atoms with van der Waals surface area (Å²) in [5.74, 6) is 2.22. The lowest BCUT2D eigenvalue weighted by atomic mass is 9.86. The van der Waals surface area contributed by atoms with Crippen molar-refractivity contribution in [1.82, 2.24) is 14.6 Å². The van der Waals surface area contributed by atoms with Gasteiger partial charge in [0, 0.05) is 25.7 Å². The Hall–Kier alpha value is -2.42. The molecule has 2 N–H and O–H groups in total. The summed E-state index contributed by atoms with van der Waals surface area (Å²) in [4.78, 5) is 2.39. The highest BCUT2D eigenvalue weighted by molar-refractivity contribution is 6.77. The van der Waals surface area contributed by atoms with Crippen LogP contribution in [0.15, 0.2) is 42.6 Å². The fourth-order valence-corrected chi connectivity index (χ4v) is 12.9. The number of fused-ring (bicyclic) bond motifs is 2. The molecular formula is C31H47N5O2Si. The quantitative estimate of drug-likeness (QED) is 0.288. The molecule has 0 spiro atoms. The van der Waals surface area contributed by atoms with Crippen molar-refractivity contribution in [3.05, 3.63) is 53.7 Å². The van der Waals surface area contributed by atoms with Gasteiger partial charge in [0.25, 0.3) is 0 Å². The first-order valence-corrected chi connectivity index (χ1v) is 17.1. The molecule has 3 atom stereocenters. The van der Waals surface area contributed by atoms with Gasteiger partial charge in [0.2, 0.25) is 5.95 Å². The third kappa shape index (κ3) is 5.48. The molecule has 3 aromatic rings. The van der Waals surface area contributed by atoms with Crippen LogP contribution in [0.5, 0.6) is 5.75 Å². The third-order valence-corrected chi connectivity index (χ3v) is 15.3. The van der Waals surface area contributed by atoms with Gasteiger partial charge in [-0.25, -0.2) is 0 Å². The molecule has 1 aliphatic carbocycles. The molecule has 0 amide bonds. The molecule has 3 heterocycles. The minimum absolute atomic E-state index is 0.00204. The first-order valence-electron chi connectivity index (χ1n) is 15.0. The highest BCUT2D eigenvalue weighted by atomic mass is 28.4. The lowest BCUT2D eigenvalue weighted by Crippen LogP contribution is -2.49. The fraction of sp³-hybridized carbons (Fsp3) is 0.613. The van der Waals surface area contributed by atoms with Crippen molar-refractivity contribution in [1.29, 1.82) is 0 Å². The first-order chi connectivity index (χ1) is 18.7. The Kier molecular flexibility index (Phi) is 8.36. The summed E-state index contributed by atoms with van der Waals surface area (Å²) in [5, 5.41) is 9.10. The summed E-state index contributed by atoms with van der Waals surface area (Å²) in [5.41, 5.74) is 11.4. The summed E-state index contributed by atoms with van der Waals surface area (Å²) in [6.45, 7) is 16.9. The molecular weight excluding hydrogens is 502 g/mol. The number of aromatic nitrogens is 3. The van der Waals surface area contributed by atoms with Crippen LogP contribution in [0.2, 0.25) is 16.6 Å². The largest absolute Gasteiger partial charge is 0.484 e. The van der Waals surface area contributed by atoms with Crippen molar-refractivity contribution in [3.63, 3.8) is 0 Å². The Morgan fingerprint density at radius 3 is 2.36 bits per heavy atom. The Labute approximate surface area is 235 Å². The summed E-state index contributed by atoms with van der Waals surface area (Å²) in [6, 6.07) is 12.5. The summed E-state index contributed by atoms with van der Waals surface area (Å²) >= 11 is 0. The molecule has 2 aliphatic rings. The minimum atomic E-state index is -1.88. The van der Waals surface area contributed by atoms with Crippen LogP contribution in [0.25, 0.3) is 5.65 Å². The number of nitrogens with zero attached hydrogens (tertiary/aromatic N) is 4. The summed E-state index contributed by atoms with van der Waals surface area (Å²) < 4.78 is 15.6. The van der Waals surface area contributed by atoms with Crippen LogP contribution in [0.3, 0.4) is 0 Å². The lowest BCUT2D eigenvalue weighted by Gasteiger charge is -2.44. The van der Waals surface area contributed by atoms with Gasteiger partial charge in [-0.3, -0.25) is 4.40 Å². The van der Waals surface area contributed by atoms with E-state index in [1.165, 1.54) is 17.5 Å². The second-order valence-electron chi connectivity index (χ2n) is 12.6. The fourth-order valence-electron chi connectivity index (χ4n) is 7.36. The molecule has 5 rings (SSSR count). The van der Waals surface area contributed by atoms with Crippen molar-refractivity contribution in [3.8, 4) is 5.75 Å². The van der Waals surface area contributed by atoms with Gasteiger partial charge in [0.1, 0.15) is 11.9 Å². The number of nitrogens with two attached hydrogens (primary N) is 1. The van der Waals surface area contributed by atoms with Crippen LogP contribution in [0.1, 0.15) is 90.5 Å². The molecule has 212 valence electrons. The normalized spacial score (nSPS) is 22.2. The predicted octanol–water partition coefficient (Wildman–Crippen LogP) is 7.05. The van der Waals surface area contributed by atoms with E-state index >= 15 is 0 Å². The zero-order chi connectivity index (χ0) is 27.7. The van der Waals surface area contributed by atoms with E-state index < -0.39 is 8.32 Å². The van der Waals surface area contributed by atoms with E-state index in [9.17, 15) is 0 Å². The molecule has 0 radical (unpaired) electrons. The maximum absolute atomic E-state index is 6.99. The molecule has 2 aromatic heterocycles. The zero-order valence-electron chi connectivity index (χ0n) is 24.6. The van der Waals surface area contributed by atoms with Gasteiger partial charge in [0.05, 0.1) is 6.20 Å². The second-order valence-corrected chi connectivity index (χ2v) is 18.1. The van der Waals surface area contributed by atoms with Crippen molar-refractivity contribution < 1.29 is 9.16 Å². The number of piperidine rings is 1. The van der Waals surface area contributed by atoms with Crippen molar-refractivity contribution in [2.45, 2.75) is 96.0 Å². The van der Waals surface area contributed by atoms with Gasteiger partial charge >= 0.3 is 0 Å². The van der Waals surface area contributed by atoms with E-state index in [0.717, 1.165) is 56.3 Å². The molecule has 8 heteroatoms. The lowest BCUT2D eigenvalue weighted by molar-refractivity contribution is 0.176. The molecule has 1 aliphatic heterocycles. The van der Waals surface area contributed by atoms with Crippen molar-refractivity contribution >= 4 is 19.9 Å². The number of hydrogen-bond donors (Lipinski definition) is 1. The SMILES string of the molecule is CC(C)[Si](OCC1CCCN(c2nnc3ccc(OC4CCC(N)c5ccccc54)cn23)C1)(C(C)C)C(C)C. The van der Waals surface area contributed by atoms with Gasteiger partial charge in [-0.15, -0.1) is 10.2 Å². The van der Waals surface area contributed by atoms with Gasteiger partial charge in [-0.2, -0.15) is 0 Å². The number of benzene rings is 1. The van der Waals surface area contributed by atoms with E-state index in [-0.39, 0.29) is 12.1 Å². The first kappa shape index (κ1) is 28.1. The van der Waals surface area contributed by atoms with Gasteiger partial charge in [-0.05, 0) is 71.5 Å². The minimum Gasteiger partial charge on any atom is -0.484 e. The van der Waals surface area contributed by atoms with Crippen LogP contribution in [-0.2, 0) is 4.43 Å². The van der Waals surface area contributed by atoms with Crippen molar-refractivity contribution in [2.75, 3.05) is 24.6 Å². The maximum Gasteiger partial charge on any atom is 0.231 e. The van der Waals surface area contributed by atoms with Gasteiger partial charge in [-0.1, -0.05) is 65.8 Å². The smallest absolute Gasteiger partial charge is 0.231 e. The number of pyridine rings is 1. The van der Waals surface area contributed by atoms with Gasteiger partial charge in [0.15, 0.2) is 14.0 Å². The van der Waals surface area contributed by atoms with Crippen LogP contribution in [0, 0.1) is 5.92 Å².